The maximum atomic E-state index is 12.4. The second-order valence-electron chi connectivity index (χ2n) is 5.32. The number of benzene rings is 2. The van der Waals surface area contributed by atoms with E-state index in [1.165, 1.54) is 0 Å². The molecule has 0 amide bonds. The van der Waals surface area contributed by atoms with Crippen molar-refractivity contribution in [2.45, 2.75) is 22.3 Å². The number of hydrogen-bond donors (Lipinski definition) is 0. The number of rotatable bonds is 5. The average molecular weight is 304 g/mol. The fraction of sp³-hybridized carbons (Fsp3) is 0.250. The molecule has 1 atom stereocenters. The maximum absolute atomic E-state index is 12.4. The molecular weight excluding hydrogens is 288 g/mol. The maximum Gasteiger partial charge on any atom is 0.206 e. The Morgan fingerprint density at radius 1 is 1.05 bits per heavy atom. The summed E-state index contributed by atoms with van der Waals surface area (Å²) in [6.07, 6.45) is 0. The Bertz CT molecular complexity index is 717. The lowest BCUT2D eigenvalue weighted by Crippen LogP contribution is -2.16. The van der Waals surface area contributed by atoms with E-state index in [-0.39, 0.29) is 15.4 Å². The van der Waals surface area contributed by atoms with E-state index in [1.807, 2.05) is 6.92 Å². The van der Waals surface area contributed by atoms with Gasteiger partial charge >= 0.3 is 0 Å². The Hall–Kier alpha value is -1.85. The first-order valence-electron chi connectivity index (χ1n) is 6.67. The topological polar surface area (TPSA) is 55.9 Å². The molecule has 4 nitrogen and oxygen atoms in total. The molecule has 0 aromatic heterocycles. The minimum atomic E-state index is -3.47. The van der Waals surface area contributed by atoms with E-state index < -0.39 is 9.84 Å². The van der Waals surface area contributed by atoms with Gasteiger partial charge in [-0.05, 0) is 43.3 Å². The van der Waals surface area contributed by atoms with E-state index >= 15 is 0 Å². The molecule has 2 aromatic carbocycles. The first-order chi connectivity index (χ1) is 10.00. The average Bonchev–Trinajstić information content (AvgIpc) is 3.25. The molecule has 3 rings (SSSR count). The summed E-state index contributed by atoms with van der Waals surface area (Å²) in [5.74, 6) is 0.638. The third kappa shape index (κ3) is 3.09. The summed E-state index contributed by atoms with van der Waals surface area (Å²) in [6.45, 7) is 3.15. The van der Waals surface area contributed by atoms with Gasteiger partial charge in [0, 0.05) is 0 Å². The monoisotopic (exact) mass is 304 g/mol. The van der Waals surface area contributed by atoms with E-state index in [4.69, 9.17) is 9.47 Å². The van der Waals surface area contributed by atoms with Gasteiger partial charge < -0.3 is 9.47 Å². The molecule has 110 valence electrons. The van der Waals surface area contributed by atoms with Gasteiger partial charge in [0.05, 0.1) is 16.4 Å². The molecule has 1 saturated heterocycles. The van der Waals surface area contributed by atoms with Crippen LogP contribution in [0.2, 0.25) is 0 Å². The number of epoxide rings is 1. The SMILES string of the molecule is CC1(COc2ccc(S(=O)(=O)c3ccccc3)cc2)CO1. The fourth-order valence-corrected chi connectivity index (χ4v) is 3.18. The first kappa shape index (κ1) is 14.1. The predicted molar refractivity (Wildman–Crippen MR) is 78.2 cm³/mol. The smallest absolute Gasteiger partial charge is 0.206 e. The van der Waals surface area contributed by atoms with E-state index in [1.54, 1.807) is 54.6 Å². The molecule has 0 saturated carbocycles. The summed E-state index contributed by atoms with van der Waals surface area (Å²) < 4.78 is 35.6. The Labute approximate surface area is 124 Å². The van der Waals surface area contributed by atoms with Crippen molar-refractivity contribution in [3.8, 4) is 5.75 Å². The van der Waals surface area contributed by atoms with Crippen molar-refractivity contribution >= 4 is 9.84 Å². The molecule has 5 heteroatoms. The molecule has 1 fully saturated rings. The summed E-state index contributed by atoms with van der Waals surface area (Å²) in [5.41, 5.74) is -0.186. The third-order valence-electron chi connectivity index (χ3n) is 3.37. The van der Waals surface area contributed by atoms with Crippen LogP contribution in [-0.2, 0) is 14.6 Å². The molecular formula is C16H16O4S. The van der Waals surface area contributed by atoms with Crippen molar-refractivity contribution in [3.63, 3.8) is 0 Å². The molecule has 0 bridgehead atoms. The van der Waals surface area contributed by atoms with Crippen LogP contribution in [0.25, 0.3) is 0 Å². The molecule has 1 aliphatic rings. The Kier molecular flexibility index (Phi) is 3.47. The van der Waals surface area contributed by atoms with Crippen LogP contribution in [0.3, 0.4) is 0 Å². The van der Waals surface area contributed by atoms with E-state index in [2.05, 4.69) is 0 Å². The van der Waals surface area contributed by atoms with Gasteiger partial charge in [0.25, 0.3) is 0 Å². The van der Waals surface area contributed by atoms with Crippen LogP contribution < -0.4 is 4.74 Å². The van der Waals surface area contributed by atoms with Crippen LogP contribution in [-0.4, -0.2) is 27.2 Å². The number of hydrogen-bond acceptors (Lipinski definition) is 4. The standard InChI is InChI=1S/C16H16O4S/c1-16(12-20-16)11-19-13-7-9-15(10-8-13)21(17,18)14-5-3-2-4-6-14/h2-10H,11-12H2,1H3. The van der Waals surface area contributed by atoms with Crippen LogP contribution in [0.1, 0.15) is 6.92 Å². The summed E-state index contributed by atoms with van der Waals surface area (Å²) in [6, 6.07) is 14.8. The van der Waals surface area contributed by atoms with Crippen molar-refractivity contribution in [3.05, 3.63) is 54.6 Å². The van der Waals surface area contributed by atoms with Gasteiger partial charge in [-0.25, -0.2) is 8.42 Å². The minimum absolute atomic E-state index is 0.186. The molecule has 0 N–H and O–H groups in total. The third-order valence-corrected chi connectivity index (χ3v) is 5.15. The molecule has 1 unspecified atom stereocenters. The van der Waals surface area contributed by atoms with Crippen molar-refractivity contribution in [1.82, 2.24) is 0 Å². The zero-order valence-corrected chi connectivity index (χ0v) is 12.5. The second kappa shape index (κ2) is 5.16. The highest BCUT2D eigenvalue weighted by Gasteiger charge is 2.40. The molecule has 0 spiro atoms. The highest BCUT2D eigenvalue weighted by atomic mass is 32.2. The van der Waals surface area contributed by atoms with Gasteiger partial charge in [0.2, 0.25) is 9.84 Å². The normalized spacial score (nSPS) is 21.0. The van der Waals surface area contributed by atoms with Crippen LogP contribution in [0.4, 0.5) is 0 Å². The Morgan fingerprint density at radius 3 is 2.19 bits per heavy atom. The first-order valence-corrected chi connectivity index (χ1v) is 8.15. The molecule has 0 radical (unpaired) electrons. The Balaban J connectivity index is 1.77. The van der Waals surface area contributed by atoms with E-state index in [0.29, 0.717) is 19.0 Å². The quantitative estimate of drug-likeness (QED) is 0.797. The summed E-state index contributed by atoms with van der Waals surface area (Å²) in [4.78, 5) is 0.549. The lowest BCUT2D eigenvalue weighted by Gasteiger charge is -2.09. The lowest BCUT2D eigenvalue weighted by atomic mass is 10.2. The summed E-state index contributed by atoms with van der Waals surface area (Å²) in [5, 5.41) is 0. The van der Waals surface area contributed by atoms with Crippen molar-refractivity contribution in [2.24, 2.45) is 0 Å². The van der Waals surface area contributed by atoms with Gasteiger partial charge in [-0.15, -0.1) is 0 Å². The van der Waals surface area contributed by atoms with E-state index in [0.717, 1.165) is 0 Å². The number of ether oxygens (including phenoxy) is 2. The minimum Gasteiger partial charge on any atom is -0.491 e. The molecule has 2 aromatic rings. The van der Waals surface area contributed by atoms with Crippen LogP contribution in [0.15, 0.2) is 64.4 Å². The molecule has 21 heavy (non-hydrogen) atoms. The van der Waals surface area contributed by atoms with Crippen molar-refractivity contribution in [1.29, 1.82) is 0 Å². The zero-order chi connectivity index (χ0) is 14.9. The van der Waals surface area contributed by atoms with Gasteiger partial charge in [-0.3, -0.25) is 0 Å². The lowest BCUT2D eigenvalue weighted by molar-refractivity contribution is 0.202. The summed E-state index contributed by atoms with van der Waals surface area (Å²) in [7, 11) is -3.47. The van der Waals surface area contributed by atoms with Gasteiger partial charge in [0.15, 0.2) is 0 Å². The largest absolute Gasteiger partial charge is 0.491 e. The van der Waals surface area contributed by atoms with Crippen LogP contribution >= 0.6 is 0 Å². The number of sulfone groups is 1. The zero-order valence-electron chi connectivity index (χ0n) is 11.7. The second-order valence-corrected chi connectivity index (χ2v) is 7.26. The predicted octanol–water partition coefficient (Wildman–Crippen LogP) is 2.69. The molecule has 1 heterocycles. The van der Waals surface area contributed by atoms with E-state index in [9.17, 15) is 8.42 Å². The van der Waals surface area contributed by atoms with Crippen molar-refractivity contribution < 1.29 is 17.9 Å². The molecule has 1 aliphatic heterocycles. The van der Waals surface area contributed by atoms with Crippen molar-refractivity contribution in [2.75, 3.05) is 13.2 Å². The van der Waals surface area contributed by atoms with Gasteiger partial charge in [-0.1, -0.05) is 18.2 Å². The van der Waals surface area contributed by atoms with Gasteiger partial charge in [-0.2, -0.15) is 0 Å². The highest BCUT2D eigenvalue weighted by molar-refractivity contribution is 7.91. The Morgan fingerprint density at radius 2 is 1.62 bits per heavy atom. The van der Waals surface area contributed by atoms with Crippen LogP contribution in [0, 0.1) is 0 Å². The fourth-order valence-electron chi connectivity index (χ4n) is 1.89. The highest BCUT2D eigenvalue weighted by Crippen LogP contribution is 2.28. The van der Waals surface area contributed by atoms with Gasteiger partial charge in [0.1, 0.15) is 18.0 Å². The molecule has 0 aliphatic carbocycles. The van der Waals surface area contributed by atoms with Crippen LogP contribution in [0.5, 0.6) is 5.75 Å². The summed E-state index contributed by atoms with van der Waals surface area (Å²) >= 11 is 0.